The number of sulfonamides is 1. The molecule has 10 heteroatoms. The molecule has 1 N–H and O–H groups in total. The summed E-state index contributed by atoms with van der Waals surface area (Å²) in [5, 5.41) is 15.1. The molecular weight excluding hydrogens is 375 g/mol. The van der Waals surface area contributed by atoms with Gasteiger partial charge in [0, 0.05) is 24.7 Å². The Labute approximate surface area is 156 Å². The molecule has 2 rings (SSSR count). The average molecular weight is 394 g/mol. The van der Waals surface area contributed by atoms with Crippen molar-refractivity contribution < 1.29 is 17.7 Å². The van der Waals surface area contributed by atoms with Crippen LogP contribution in [-0.4, -0.2) is 37.0 Å². The van der Waals surface area contributed by atoms with Crippen LogP contribution in [0.5, 0.6) is 0 Å². The van der Waals surface area contributed by atoms with Crippen LogP contribution in [0.1, 0.15) is 19.4 Å². The fourth-order valence-electron chi connectivity index (χ4n) is 2.38. The lowest BCUT2D eigenvalue weighted by atomic mass is 10.2. The standard InChI is InChI=1S/C17H19FN4O4S/c1-3-21(4-2)27(25,26)14-9-10-16(17(11-14)22(23)24)20-19-12-13-7-5-6-8-15(13)18/h5-12,20H,3-4H2,1-2H3/b19-12-. The van der Waals surface area contributed by atoms with Crippen LogP contribution in [0, 0.1) is 15.9 Å². The maximum absolute atomic E-state index is 13.6. The third kappa shape index (κ3) is 4.66. The Bertz CT molecular complexity index is 959. The zero-order valence-corrected chi connectivity index (χ0v) is 15.6. The number of halogens is 1. The van der Waals surface area contributed by atoms with Crippen molar-refractivity contribution >= 4 is 27.6 Å². The minimum atomic E-state index is -3.83. The number of hydrazone groups is 1. The van der Waals surface area contributed by atoms with E-state index in [0.717, 1.165) is 6.07 Å². The third-order valence-electron chi connectivity index (χ3n) is 3.80. The zero-order chi connectivity index (χ0) is 20.0. The van der Waals surface area contributed by atoms with Gasteiger partial charge in [0.2, 0.25) is 10.0 Å². The van der Waals surface area contributed by atoms with E-state index in [9.17, 15) is 22.9 Å². The number of nitrogens with one attached hydrogen (secondary N) is 1. The molecule has 0 unspecified atom stereocenters. The Morgan fingerprint density at radius 1 is 1.22 bits per heavy atom. The van der Waals surface area contributed by atoms with Gasteiger partial charge in [-0.15, -0.1) is 0 Å². The van der Waals surface area contributed by atoms with Crippen LogP contribution < -0.4 is 5.43 Å². The highest BCUT2D eigenvalue weighted by molar-refractivity contribution is 7.89. The van der Waals surface area contributed by atoms with Gasteiger partial charge in [-0.25, -0.2) is 12.8 Å². The molecule has 0 amide bonds. The lowest BCUT2D eigenvalue weighted by Gasteiger charge is -2.18. The molecule has 0 atom stereocenters. The largest absolute Gasteiger partial charge is 0.295 e. The summed E-state index contributed by atoms with van der Waals surface area (Å²) in [6.45, 7) is 3.87. The van der Waals surface area contributed by atoms with Crippen molar-refractivity contribution in [1.82, 2.24) is 4.31 Å². The van der Waals surface area contributed by atoms with E-state index in [4.69, 9.17) is 0 Å². The number of hydrogen-bond acceptors (Lipinski definition) is 6. The van der Waals surface area contributed by atoms with Crippen LogP contribution in [-0.2, 0) is 10.0 Å². The number of anilines is 1. The number of rotatable bonds is 8. The minimum Gasteiger partial charge on any atom is -0.272 e. The second kappa shape index (κ2) is 8.69. The molecular formula is C17H19FN4O4S. The number of nitrogens with zero attached hydrogens (tertiary/aromatic N) is 3. The van der Waals surface area contributed by atoms with Crippen molar-refractivity contribution in [3.8, 4) is 0 Å². The van der Waals surface area contributed by atoms with Gasteiger partial charge in [-0.05, 0) is 18.2 Å². The normalized spacial score (nSPS) is 11.9. The summed E-state index contributed by atoms with van der Waals surface area (Å²) in [5.74, 6) is -0.488. The van der Waals surface area contributed by atoms with E-state index in [1.165, 1.54) is 40.9 Å². The SMILES string of the molecule is CCN(CC)S(=O)(=O)c1ccc(N/N=C\c2ccccc2F)c([N+](=O)[O-])c1. The fourth-order valence-corrected chi connectivity index (χ4v) is 3.86. The summed E-state index contributed by atoms with van der Waals surface area (Å²) in [4.78, 5) is 10.5. The average Bonchev–Trinajstić information content (AvgIpc) is 2.64. The lowest BCUT2D eigenvalue weighted by Crippen LogP contribution is -2.30. The maximum atomic E-state index is 13.6. The van der Waals surface area contributed by atoms with Crippen LogP contribution in [0.2, 0.25) is 0 Å². The topological polar surface area (TPSA) is 105 Å². The second-order valence-electron chi connectivity index (χ2n) is 5.42. The number of nitro benzene ring substituents is 1. The number of benzene rings is 2. The Morgan fingerprint density at radius 3 is 2.48 bits per heavy atom. The Kier molecular flexibility index (Phi) is 6.59. The Hall–Kier alpha value is -2.85. The summed E-state index contributed by atoms with van der Waals surface area (Å²) in [5.41, 5.74) is 2.20. The van der Waals surface area contributed by atoms with Gasteiger partial charge in [0.1, 0.15) is 11.5 Å². The maximum Gasteiger partial charge on any atom is 0.295 e. The van der Waals surface area contributed by atoms with Crippen molar-refractivity contribution in [3.63, 3.8) is 0 Å². The highest BCUT2D eigenvalue weighted by Crippen LogP contribution is 2.29. The monoisotopic (exact) mass is 394 g/mol. The second-order valence-corrected chi connectivity index (χ2v) is 7.35. The molecule has 2 aromatic rings. The minimum absolute atomic E-state index is 0.00825. The van der Waals surface area contributed by atoms with Crippen molar-refractivity contribution in [2.45, 2.75) is 18.7 Å². The number of hydrogen-bond donors (Lipinski definition) is 1. The molecule has 2 aromatic carbocycles. The first-order valence-electron chi connectivity index (χ1n) is 8.13. The van der Waals surface area contributed by atoms with Crippen LogP contribution in [0.25, 0.3) is 0 Å². The first kappa shape index (κ1) is 20.5. The lowest BCUT2D eigenvalue weighted by molar-refractivity contribution is -0.384. The first-order chi connectivity index (χ1) is 12.8. The molecule has 0 aliphatic rings. The molecule has 27 heavy (non-hydrogen) atoms. The molecule has 0 saturated heterocycles. The van der Waals surface area contributed by atoms with Crippen molar-refractivity contribution in [1.29, 1.82) is 0 Å². The van der Waals surface area contributed by atoms with Gasteiger partial charge in [-0.2, -0.15) is 9.41 Å². The van der Waals surface area contributed by atoms with Crippen molar-refractivity contribution in [2.75, 3.05) is 18.5 Å². The summed E-state index contributed by atoms with van der Waals surface area (Å²) in [6, 6.07) is 9.41. The summed E-state index contributed by atoms with van der Waals surface area (Å²) in [7, 11) is -3.83. The molecule has 0 aliphatic heterocycles. The van der Waals surface area contributed by atoms with E-state index in [1.54, 1.807) is 19.9 Å². The molecule has 0 heterocycles. The molecule has 0 aromatic heterocycles. The van der Waals surface area contributed by atoms with E-state index >= 15 is 0 Å². The number of nitro groups is 1. The van der Waals surface area contributed by atoms with E-state index in [2.05, 4.69) is 10.5 Å². The van der Waals surface area contributed by atoms with E-state index in [1.807, 2.05) is 0 Å². The van der Waals surface area contributed by atoms with E-state index < -0.39 is 26.5 Å². The highest BCUT2D eigenvalue weighted by Gasteiger charge is 2.25. The van der Waals surface area contributed by atoms with Gasteiger partial charge in [-0.1, -0.05) is 32.0 Å². The zero-order valence-electron chi connectivity index (χ0n) is 14.8. The predicted octanol–water partition coefficient (Wildman–Crippen LogP) is 3.21. The van der Waals surface area contributed by atoms with Gasteiger partial charge in [0.25, 0.3) is 5.69 Å². The summed E-state index contributed by atoms with van der Waals surface area (Å²) < 4.78 is 39.8. The third-order valence-corrected chi connectivity index (χ3v) is 5.85. The molecule has 0 bridgehead atoms. The van der Waals surface area contributed by atoms with E-state index in [-0.39, 0.29) is 29.2 Å². The Balaban J connectivity index is 2.34. The van der Waals surface area contributed by atoms with Gasteiger partial charge < -0.3 is 0 Å². The molecule has 0 aliphatic carbocycles. The Morgan fingerprint density at radius 2 is 1.89 bits per heavy atom. The van der Waals surface area contributed by atoms with Crippen LogP contribution in [0.3, 0.4) is 0 Å². The fraction of sp³-hybridized carbons (Fsp3) is 0.235. The molecule has 0 radical (unpaired) electrons. The quantitative estimate of drug-likeness (QED) is 0.420. The van der Waals surface area contributed by atoms with Crippen LogP contribution in [0.15, 0.2) is 52.5 Å². The predicted molar refractivity (Wildman–Crippen MR) is 101 cm³/mol. The van der Waals surface area contributed by atoms with Crippen LogP contribution in [0.4, 0.5) is 15.8 Å². The molecule has 8 nitrogen and oxygen atoms in total. The van der Waals surface area contributed by atoms with Gasteiger partial charge in [0.15, 0.2) is 0 Å². The highest BCUT2D eigenvalue weighted by atomic mass is 32.2. The van der Waals surface area contributed by atoms with E-state index in [0.29, 0.717) is 0 Å². The van der Waals surface area contributed by atoms with Crippen molar-refractivity contribution in [3.05, 3.63) is 64.0 Å². The molecule has 0 spiro atoms. The molecule has 144 valence electrons. The van der Waals surface area contributed by atoms with Gasteiger partial charge in [0.05, 0.1) is 16.0 Å². The molecule has 0 saturated carbocycles. The smallest absolute Gasteiger partial charge is 0.272 e. The van der Waals surface area contributed by atoms with Gasteiger partial charge >= 0.3 is 0 Å². The molecule has 0 fully saturated rings. The summed E-state index contributed by atoms with van der Waals surface area (Å²) >= 11 is 0. The van der Waals surface area contributed by atoms with Crippen LogP contribution >= 0.6 is 0 Å². The van der Waals surface area contributed by atoms with Crippen molar-refractivity contribution in [2.24, 2.45) is 5.10 Å². The first-order valence-corrected chi connectivity index (χ1v) is 9.57. The summed E-state index contributed by atoms with van der Waals surface area (Å²) in [6.07, 6.45) is 1.18. The van der Waals surface area contributed by atoms with Gasteiger partial charge in [-0.3, -0.25) is 15.5 Å².